The monoisotopic (exact) mass is 235 g/mol. The fourth-order valence-electron chi connectivity index (χ4n) is 2.81. The second kappa shape index (κ2) is 3.86. The standard InChI is InChI=1S/C13H14ClNO/c14-10-4-5-11-9(7-10)8-15-6-2-1-3-12(15)13(11)16/h4-5,7,12H,1-3,6,8H2. The Bertz CT molecular complexity index is 444. The number of nitrogens with zero attached hydrogens (tertiary/aromatic N) is 1. The molecule has 16 heavy (non-hydrogen) atoms. The Morgan fingerprint density at radius 3 is 3.06 bits per heavy atom. The van der Waals surface area contributed by atoms with Crippen LogP contribution in [0.25, 0.3) is 0 Å². The zero-order valence-corrected chi connectivity index (χ0v) is 9.83. The summed E-state index contributed by atoms with van der Waals surface area (Å²) in [4.78, 5) is 14.6. The summed E-state index contributed by atoms with van der Waals surface area (Å²) in [6.45, 7) is 1.93. The second-order valence-corrected chi connectivity index (χ2v) is 5.08. The summed E-state index contributed by atoms with van der Waals surface area (Å²) in [6, 6.07) is 5.75. The lowest BCUT2D eigenvalue weighted by Gasteiger charge is -2.38. The fourth-order valence-corrected chi connectivity index (χ4v) is 3.00. The first kappa shape index (κ1) is 10.3. The van der Waals surface area contributed by atoms with Gasteiger partial charge in [0.15, 0.2) is 5.78 Å². The van der Waals surface area contributed by atoms with E-state index < -0.39 is 0 Å². The molecule has 3 rings (SSSR count). The highest BCUT2D eigenvalue weighted by atomic mass is 35.5. The minimum atomic E-state index is 0.127. The van der Waals surface area contributed by atoms with Gasteiger partial charge < -0.3 is 0 Å². The van der Waals surface area contributed by atoms with Gasteiger partial charge in [0.1, 0.15) is 0 Å². The van der Waals surface area contributed by atoms with Gasteiger partial charge in [0.05, 0.1) is 6.04 Å². The summed E-state index contributed by atoms with van der Waals surface area (Å²) < 4.78 is 0. The molecule has 0 bridgehead atoms. The number of carbonyl (C=O) groups is 1. The molecule has 0 spiro atoms. The zero-order chi connectivity index (χ0) is 11.1. The average Bonchev–Trinajstić information content (AvgIpc) is 2.29. The van der Waals surface area contributed by atoms with Crippen molar-refractivity contribution in [2.75, 3.05) is 6.54 Å². The molecule has 1 aromatic rings. The highest BCUT2D eigenvalue weighted by Crippen LogP contribution is 2.30. The first-order valence-corrected chi connectivity index (χ1v) is 6.20. The second-order valence-electron chi connectivity index (χ2n) is 4.65. The smallest absolute Gasteiger partial charge is 0.180 e. The Morgan fingerprint density at radius 1 is 1.31 bits per heavy atom. The lowest BCUT2D eigenvalue weighted by Crippen LogP contribution is -2.47. The molecule has 0 aromatic heterocycles. The topological polar surface area (TPSA) is 20.3 Å². The predicted molar refractivity (Wildman–Crippen MR) is 63.8 cm³/mol. The van der Waals surface area contributed by atoms with E-state index in [1.54, 1.807) is 0 Å². The third-order valence-corrected chi connectivity index (χ3v) is 3.86. The number of rotatable bonds is 0. The van der Waals surface area contributed by atoms with E-state index in [0.29, 0.717) is 0 Å². The third-order valence-electron chi connectivity index (χ3n) is 3.62. The first-order chi connectivity index (χ1) is 7.75. The van der Waals surface area contributed by atoms with Crippen LogP contribution in [0, 0.1) is 0 Å². The SMILES string of the molecule is O=C1c2ccc(Cl)cc2CN2CCCCC12. The maximum Gasteiger partial charge on any atom is 0.180 e. The molecular weight excluding hydrogens is 222 g/mol. The number of halogens is 1. The van der Waals surface area contributed by atoms with Crippen molar-refractivity contribution in [2.45, 2.75) is 31.8 Å². The van der Waals surface area contributed by atoms with Gasteiger partial charge in [-0.2, -0.15) is 0 Å². The van der Waals surface area contributed by atoms with Crippen molar-refractivity contribution in [1.29, 1.82) is 0 Å². The molecule has 0 radical (unpaired) electrons. The first-order valence-electron chi connectivity index (χ1n) is 5.82. The average molecular weight is 236 g/mol. The van der Waals surface area contributed by atoms with E-state index in [9.17, 15) is 4.79 Å². The van der Waals surface area contributed by atoms with Crippen molar-refractivity contribution >= 4 is 17.4 Å². The number of ketones is 1. The van der Waals surface area contributed by atoms with Crippen LogP contribution in [0.2, 0.25) is 5.02 Å². The van der Waals surface area contributed by atoms with Crippen molar-refractivity contribution < 1.29 is 4.79 Å². The summed E-state index contributed by atoms with van der Waals surface area (Å²) in [5, 5.41) is 0.724. The molecule has 2 nitrogen and oxygen atoms in total. The molecule has 1 fully saturated rings. The minimum absolute atomic E-state index is 0.127. The molecule has 3 heteroatoms. The van der Waals surface area contributed by atoms with Gasteiger partial charge in [0, 0.05) is 17.1 Å². The number of fused-ring (bicyclic) bond motifs is 2. The van der Waals surface area contributed by atoms with Gasteiger partial charge in [0.25, 0.3) is 0 Å². The van der Waals surface area contributed by atoms with E-state index in [4.69, 9.17) is 11.6 Å². The Balaban J connectivity index is 2.03. The molecule has 2 aliphatic heterocycles. The molecule has 0 amide bonds. The van der Waals surface area contributed by atoms with Gasteiger partial charge in [-0.3, -0.25) is 9.69 Å². The van der Waals surface area contributed by atoms with Crippen LogP contribution in [-0.4, -0.2) is 23.3 Å². The van der Waals surface area contributed by atoms with E-state index in [2.05, 4.69) is 4.90 Å². The molecule has 2 aliphatic rings. The Hall–Kier alpha value is -0.860. The van der Waals surface area contributed by atoms with Gasteiger partial charge >= 0.3 is 0 Å². The number of hydrogen-bond acceptors (Lipinski definition) is 2. The number of benzene rings is 1. The maximum absolute atomic E-state index is 12.3. The summed E-state index contributed by atoms with van der Waals surface area (Å²) in [7, 11) is 0. The molecular formula is C13H14ClNO. The Morgan fingerprint density at radius 2 is 2.19 bits per heavy atom. The highest BCUT2D eigenvalue weighted by Gasteiger charge is 2.34. The van der Waals surface area contributed by atoms with Crippen LogP contribution in [0.1, 0.15) is 35.2 Å². The van der Waals surface area contributed by atoms with E-state index in [1.165, 1.54) is 12.8 Å². The van der Waals surface area contributed by atoms with Crippen LogP contribution < -0.4 is 0 Å². The van der Waals surface area contributed by atoms with Crippen LogP contribution in [0.15, 0.2) is 18.2 Å². The van der Waals surface area contributed by atoms with Crippen LogP contribution in [0.4, 0.5) is 0 Å². The van der Waals surface area contributed by atoms with E-state index >= 15 is 0 Å². The molecule has 0 aliphatic carbocycles. The predicted octanol–water partition coefficient (Wildman–Crippen LogP) is 2.89. The van der Waals surface area contributed by atoms with Crippen molar-refractivity contribution in [1.82, 2.24) is 4.90 Å². The van der Waals surface area contributed by atoms with E-state index in [0.717, 1.165) is 35.7 Å². The summed E-state index contributed by atoms with van der Waals surface area (Å²) in [6.07, 6.45) is 3.40. The maximum atomic E-state index is 12.3. The molecule has 1 aromatic carbocycles. The van der Waals surface area contributed by atoms with Crippen molar-refractivity contribution in [3.05, 3.63) is 34.3 Å². The zero-order valence-electron chi connectivity index (χ0n) is 9.08. The molecule has 1 saturated heterocycles. The van der Waals surface area contributed by atoms with Gasteiger partial charge in [-0.1, -0.05) is 18.0 Å². The number of Topliss-reactive ketones (excluding diaryl/α,β-unsaturated/α-hetero) is 1. The fraction of sp³-hybridized carbons (Fsp3) is 0.462. The van der Waals surface area contributed by atoms with Gasteiger partial charge in [-0.05, 0) is 43.1 Å². The van der Waals surface area contributed by atoms with Crippen LogP contribution >= 0.6 is 11.6 Å². The molecule has 1 atom stereocenters. The van der Waals surface area contributed by atoms with E-state index in [1.807, 2.05) is 18.2 Å². The Kier molecular flexibility index (Phi) is 2.49. The molecule has 0 saturated carbocycles. The Labute approximate surface area is 100 Å². The van der Waals surface area contributed by atoms with Gasteiger partial charge in [-0.15, -0.1) is 0 Å². The number of carbonyl (C=O) groups excluding carboxylic acids is 1. The van der Waals surface area contributed by atoms with Crippen molar-refractivity contribution in [3.63, 3.8) is 0 Å². The van der Waals surface area contributed by atoms with Crippen LogP contribution in [0.5, 0.6) is 0 Å². The van der Waals surface area contributed by atoms with Crippen LogP contribution in [0.3, 0.4) is 0 Å². The summed E-state index contributed by atoms with van der Waals surface area (Å²) in [5.41, 5.74) is 1.98. The lowest BCUT2D eigenvalue weighted by molar-refractivity contribution is 0.0685. The van der Waals surface area contributed by atoms with Crippen LogP contribution in [-0.2, 0) is 6.54 Å². The molecule has 84 valence electrons. The van der Waals surface area contributed by atoms with Gasteiger partial charge in [0.2, 0.25) is 0 Å². The largest absolute Gasteiger partial charge is 0.292 e. The lowest BCUT2D eigenvalue weighted by atomic mass is 9.87. The van der Waals surface area contributed by atoms with Crippen molar-refractivity contribution in [3.8, 4) is 0 Å². The summed E-state index contributed by atoms with van der Waals surface area (Å²) >= 11 is 5.97. The third kappa shape index (κ3) is 1.57. The molecule has 0 N–H and O–H groups in total. The molecule has 2 heterocycles. The van der Waals surface area contributed by atoms with E-state index in [-0.39, 0.29) is 11.8 Å². The highest BCUT2D eigenvalue weighted by molar-refractivity contribution is 6.30. The summed E-state index contributed by atoms with van der Waals surface area (Å²) in [5.74, 6) is 0.289. The minimum Gasteiger partial charge on any atom is -0.292 e. The normalized spacial score (nSPS) is 25.1. The van der Waals surface area contributed by atoms with Gasteiger partial charge in [-0.25, -0.2) is 0 Å². The van der Waals surface area contributed by atoms with Crippen molar-refractivity contribution in [2.24, 2.45) is 0 Å². The number of piperidine rings is 1. The number of hydrogen-bond donors (Lipinski definition) is 0. The molecule has 1 unspecified atom stereocenters. The quantitative estimate of drug-likeness (QED) is 0.689.